The van der Waals surface area contributed by atoms with Gasteiger partial charge in [0.15, 0.2) is 23.0 Å². The molecule has 5 nitrogen and oxygen atoms in total. The van der Waals surface area contributed by atoms with E-state index in [-0.39, 0.29) is 23.2 Å². The Balaban J connectivity index is 2.08. The summed E-state index contributed by atoms with van der Waals surface area (Å²) in [5, 5.41) is 32.6. The van der Waals surface area contributed by atoms with Gasteiger partial charge in [0, 0.05) is 24.6 Å². The van der Waals surface area contributed by atoms with Crippen LogP contribution in [0.5, 0.6) is 23.0 Å². The Morgan fingerprint density at radius 2 is 1.90 bits per heavy atom. The molecule has 21 heavy (non-hydrogen) atoms. The van der Waals surface area contributed by atoms with E-state index in [9.17, 15) is 15.3 Å². The number of benzene rings is 2. The van der Waals surface area contributed by atoms with Crippen LogP contribution in [0.15, 0.2) is 30.3 Å². The number of rotatable bonds is 2. The van der Waals surface area contributed by atoms with Gasteiger partial charge in [0.05, 0.1) is 7.11 Å². The molecule has 1 aliphatic rings. The highest BCUT2D eigenvalue weighted by Gasteiger charge is 2.25. The standard InChI is InChI=1S/C16H17NO4/c1-21-15-5-3-10-11(7-17-8-12(10)16(15)20)9-2-4-13(18)14(19)6-9/h2-6,11,17-20H,7-8H2,1H3/t11-/m0/s1. The maximum absolute atomic E-state index is 10.2. The van der Waals surface area contributed by atoms with Crippen LogP contribution in [0.3, 0.4) is 0 Å². The average molecular weight is 287 g/mol. The van der Waals surface area contributed by atoms with E-state index in [2.05, 4.69) is 5.32 Å². The van der Waals surface area contributed by atoms with Crippen molar-refractivity contribution in [3.63, 3.8) is 0 Å². The van der Waals surface area contributed by atoms with Crippen LogP contribution in [0.1, 0.15) is 22.6 Å². The molecular formula is C16H17NO4. The molecule has 0 fully saturated rings. The minimum atomic E-state index is -0.141. The van der Waals surface area contributed by atoms with Crippen LogP contribution in [-0.4, -0.2) is 29.0 Å². The van der Waals surface area contributed by atoms with Gasteiger partial charge in [-0.3, -0.25) is 0 Å². The van der Waals surface area contributed by atoms with E-state index in [0.29, 0.717) is 18.8 Å². The third kappa shape index (κ3) is 2.25. The van der Waals surface area contributed by atoms with Crippen molar-refractivity contribution in [2.45, 2.75) is 12.5 Å². The van der Waals surface area contributed by atoms with Crippen molar-refractivity contribution >= 4 is 0 Å². The third-order valence-electron chi connectivity index (χ3n) is 3.93. The summed E-state index contributed by atoms with van der Waals surface area (Å²) < 4.78 is 5.14. The van der Waals surface area contributed by atoms with Crippen LogP contribution in [0.2, 0.25) is 0 Å². The summed E-state index contributed by atoms with van der Waals surface area (Å²) in [6.07, 6.45) is 0. The number of ether oxygens (including phenoxy) is 1. The quantitative estimate of drug-likeness (QED) is 0.636. The number of nitrogens with one attached hydrogen (secondary N) is 1. The zero-order valence-electron chi connectivity index (χ0n) is 11.6. The maximum atomic E-state index is 10.2. The second kappa shape index (κ2) is 5.18. The van der Waals surface area contributed by atoms with E-state index in [1.165, 1.54) is 13.2 Å². The summed E-state index contributed by atoms with van der Waals surface area (Å²) in [6, 6.07) is 8.48. The van der Waals surface area contributed by atoms with Gasteiger partial charge in [-0.15, -0.1) is 0 Å². The van der Waals surface area contributed by atoms with Crippen LogP contribution in [0.25, 0.3) is 0 Å². The van der Waals surface area contributed by atoms with Gasteiger partial charge in [-0.1, -0.05) is 12.1 Å². The number of phenols is 3. The number of fused-ring (bicyclic) bond motifs is 1. The molecule has 2 aromatic carbocycles. The summed E-state index contributed by atoms with van der Waals surface area (Å²) in [7, 11) is 1.52. The molecule has 1 atom stereocenters. The van der Waals surface area contributed by atoms with Crippen LogP contribution >= 0.6 is 0 Å². The normalized spacial score (nSPS) is 17.3. The van der Waals surface area contributed by atoms with Gasteiger partial charge in [-0.25, -0.2) is 0 Å². The number of aromatic hydroxyl groups is 3. The van der Waals surface area contributed by atoms with Gasteiger partial charge in [0.1, 0.15) is 0 Å². The predicted molar refractivity (Wildman–Crippen MR) is 78.0 cm³/mol. The Labute approximate surface area is 122 Å². The lowest BCUT2D eigenvalue weighted by Crippen LogP contribution is -2.28. The second-order valence-corrected chi connectivity index (χ2v) is 5.12. The van der Waals surface area contributed by atoms with Crippen molar-refractivity contribution in [1.82, 2.24) is 5.32 Å². The van der Waals surface area contributed by atoms with E-state index < -0.39 is 0 Å². The largest absolute Gasteiger partial charge is 0.504 e. The molecule has 0 spiro atoms. The van der Waals surface area contributed by atoms with E-state index in [0.717, 1.165) is 16.7 Å². The molecule has 0 amide bonds. The molecule has 0 saturated carbocycles. The molecule has 3 rings (SSSR count). The summed E-state index contributed by atoms with van der Waals surface area (Å²) in [5.41, 5.74) is 2.68. The molecule has 0 unspecified atom stereocenters. The van der Waals surface area contributed by atoms with Gasteiger partial charge in [0.25, 0.3) is 0 Å². The Bertz CT molecular complexity index is 684. The van der Waals surface area contributed by atoms with Crippen LogP contribution in [0, 0.1) is 0 Å². The fourth-order valence-electron chi connectivity index (χ4n) is 2.81. The fourth-order valence-corrected chi connectivity index (χ4v) is 2.81. The van der Waals surface area contributed by atoms with E-state index >= 15 is 0 Å². The van der Waals surface area contributed by atoms with E-state index in [4.69, 9.17) is 4.74 Å². The zero-order valence-corrected chi connectivity index (χ0v) is 11.6. The Morgan fingerprint density at radius 1 is 1.10 bits per heavy atom. The molecule has 5 heteroatoms. The van der Waals surface area contributed by atoms with Crippen molar-refractivity contribution in [2.75, 3.05) is 13.7 Å². The molecule has 0 aliphatic carbocycles. The highest BCUT2D eigenvalue weighted by Crippen LogP contribution is 2.40. The summed E-state index contributed by atoms with van der Waals surface area (Å²) in [4.78, 5) is 0. The summed E-state index contributed by atoms with van der Waals surface area (Å²) in [5.74, 6) is 0.315. The minimum Gasteiger partial charge on any atom is -0.504 e. The molecule has 0 saturated heterocycles. The van der Waals surface area contributed by atoms with Crippen LogP contribution < -0.4 is 10.1 Å². The first-order valence-corrected chi connectivity index (χ1v) is 6.73. The van der Waals surface area contributed by atoms with Gasteiger partial charge in [-0.05, 0) is 29.3 Å². The second-order valence-electron chi connectivity index (χ2n) is 5.12. The highest BCUT2D eigenvalue weighted by molar-refractivity contribution is 5.55. The lowest BCUT2D eigenvalue weighted by atomic mass is 9.85. The molecule has 0 radical (unpaired) electrons. The van der Waals surface area contributed by atoms with Gasteiger partial charge < -0.3 is 25.4 Å². The first-order chi connectivity index (χ1) is 10.1. The molecule has 1 aliphatic heterocycles. The van der Waals surface area contributed by atoms with Gasteiger partial charge in [-0.2, -0.15) is 0 Å². The van der Waals surface area contributed by atoms with Crippen molar-refractivity contribution in [3.8, 4) is 23.0 Å². The zero-order chi connectivity index (χ0) is 15.0. The number of hydrogen-bond donors (Lipinski definition) is 4. The Kier molecular flexibility index (Phi) is 3.35. The van der Waals surface area contributed by atoms with Crippen LogP contribution in [-0.2, 0) is 6.54 Å². The number of hydrogen-bond acceptors (Lipinski definition) is 5. The molecule has 0 bridgehead atoms. The highest BCUT2D eigenvalue weighted by atomic mass is 16.5. The van der Waals surface area contributed by atoms with Crippen molar-refractivity contribution < 1.29 is 20.1 Å². The molecule has 110 valence electrons. The monoisotopic (exact) mass is 287 g/mol. The molecular weight excluding hydrogens is 270 g/mol. The Hall–Kier alpha value is -2.40. The van der Waals surface area contributed by atoms with Crippen molar-refractivity contribution in [2.24, 2.45) is 0 Å². The topological polar surface area (TPSA) is 82.0 Å². The summed E-state index contributed by atoms with van der Waals surface area (Å²) in [6.45, 7) is 1.27. The van der Waals surface area contributed by atoms with Gasteiger partial charge in [0.2, 0.25) is 0 Å². The predicted octanol–water partition coefficient (Wildman–Crippen LogP) is 2.05. The fraction of sp³-hybridized carbons (Fsp3) is 0.250. The molecule has 1 heterocycles. The van der Waals surface area contributed by atoms with Gasteiger partial charge >= 0.3 is 0 Å². The van der Waals surface area contributed by atoms with Crippen LogP contribution in [0.4, 0.5) is 0 Å². The average Bonchev–Trinajstić information content (AvgIpc) is 2.50. The van der Waals surface area contributed by atoms with Crippen molar-refractivity contribution in [3.05, 3.63) is 47.0 Å². The van der Waals surface area contributed by atoms with E-state index in [1.54, 1.807) is 18.2 Å². The molecule has 4 N–H and O–H groups in total. The lowest BCUT2D eigenvalue weighted by molar-refractivity contribution is 0.367. The van der Waals surface area contributed by atoms with E-state index in [1.807, 2.05) is 6.07 Å². The summed E-state index contributed by atoms with van der Waals surface area (Å²) >= 11 is 0. The first-order valence-electron chi connectivity index (χ1n) is 6.73. The Morgan fingerprint density at radius 3 is 2.62 bits per heavy atom. The maximum Gasteiger partial charge on any atom is 0.162 e. The first kappa shape index (κ1) is 13.6. The minimum absolute atomic E-state index is 0.00273. The third-order valence-corrected chi connectivity index (χ3v) is 3.93. The molecule has 2 aromatic rings. The molecule has 0 aromatic heterocycles. The smallest absolute Gasteiger partial charge is 0.162 e. The SMILES string of the molecule is COc1ccc2c(c1O)CNC[C@H]2c1ccc(O)c(O)c1. The van der Waals surface area contributed by atoms with Crippen molar-refractivity contribution in [1.29, 1.82) is 0 Å². The lowest BCUT2D eigenvalue weighted by Gasteiger charge is -2.28. The number of phenolic OH excluding ortho intramolecular Hbond substituents is 3. The number of methoxy groups -OCH3 is 1.